The van der Waals surface area contributed by atoms with Gasteiger partial charge in [-0.2, -0.15) is 0 Å². The zero-order chi connectivity index (χ0) is 24.8. The average molecular weight is 477 g/mol. The number of nitrogens with one attached hydrogen (secondary N) is 2. The quantitative estimate of drug-likeness (QED) is 0.391. The maximum absolute atomic E-state index is 12.3. The first-order valence-electron chi connectivity index (χ1n) is 11.7. The first-order valence-corrected chi connectivity index (χ1v) is 11.7. The summed E-state index contributed by atoms with van der Waals surface area (Å²) in [6.07, 6.45) is 1.26. The third-order valence-electron chi connectivity index (χ3n) is 6.09. The summed E-state index contributed by atoms with van der Waals surface area (Å²) >= 11 is 0. The summed E-state index contributed by atoms with van der Waals surface area (Å²) in [5.41, 5.74) is 4.56. The predicted octanol–water partition coefficient (Wildman–Crippen LogP) is 4.69. The zero-order valence-electron chi connectivity index (χ0n) is 19.5. The summed E-state index contributed by atoms with van der Waals surface area (Å²) in [5.74, 6) is -1.40. The third kappa shape index (κ3) is 5.54. The molecule has 0 spiro atoms. The lowest BCUT2D eigenvalue weighted by Crippen LogP contribution is -2.40. The molecule has 3 aromatic rings. The number of carbonyl (C=O) groups excluding carboxylic acids is 2. The summed E-state index contributed by atoms with van der Waals surface area (Å²) in [4.78, 5) is 36.0. The highest BCUT2D eigenvalue weighted by Gasteiger charge is 2.29. The van der Waals surface area contributed by atoms with E-state index in [0.717, 1.165) is 28.7 Å². The Hall–Kier alpha value is -4.07. The molecular formula is C27H28N2O6. The number of carboxylic acid groups (broad SMARTS) is 1. The van der Waals surface area contributed by atoms with Crippen LogP contribution in [0, 0.1) is 0 Å². The summed E-state index contributed by atoms with van der Waals surface area (Å²) in [6, 6.07) is 18.2. The lowest BCUT2D eigenvalue weighted by atomic mass is 9.98. The minimum absolute atomic E-state index is 0.0166. The Labute approximate surface area is 203 Å². The first kappa shape index (κ1) is 24.1. The largest absolute Gasteiger partial charge is 0.480 e. The summed E-state index contributed by atoms with van der Waals surface area (Å²) < 4.78 is 11.0. The van der Waals surface area contributed by atoms with Gasteiger partial charge in [-0.05, 0) is 40.8 Å². The van der Waals surface area contributed by atoms with Gasteiger partial charge in [-0.1, -0.05) is 68.3 Å². The van der Waals surface area contributed by atoms with E-state index in [0.29, 0.717) is 18.6 Å². The van der Waals surface area contributed by atoms with Crippen LogP contribution in [0.1, 0.15) is 59.5 Å². The van der Waals surface area contributed by atoms with Crippen molar-refractivity contribution in [2.24, 2.45) is 0 Å². The van der Waals surface area contributed by atoms with Gasteiger partial charge in [0.15, 0.2) is 5.76 Å². The van der Waals surface area contributed by atoms with Crippen LogP contribution >= 0.6 is 0 Å². The van der Waals surface area contributed by atoms with Crippen molar-refractivity contribution >= 4 is 18.0 Å². The van der Waals surface area contributed by atoms with Crippen LogP contribution in [0.3, 0.4) is 0 Å². The Kier molecular flexibility index (Phi) is 7.50. The predicted molar refractivity (Wildman–Crippen MR) is 129 cm³/mol. The molecule has 1 atom stereocenters. The van der Waals surface area contributed by atoms with E-state index in [1.54, 1.807) is 6.07 Å². The number of carbonyl (C=O) groups is 3. The Bertz CT molecular complexity index is 1170. The molecule has 1 aliphatic carbocycles. The van der Waals surface area contributed by atoms with Gasteiger partial charge in [0, 0.05) is 5.92 Å². The summed E-state index contributed by atoms with van der Waals surface area (Å²) in [7, 11) is 0. The number of carboxylic acids is 1. The van der Waals surface area contributed by atoms with Gasteiger partial charge in [-0.3, -0.25) is 4.79 Å². The molecule has 3 N–H and O–H groups in total. The minimum atomic E-state index is -1.09. The number of hydrogen-bond donors (Lipinski definition) is 3. The normalized spacial score (nSPS) is 12.9. The average Bonchev–Trinajstić information content (AvgIpc) is 3.47. The number of fused-ring (bicyclic) bond motifs is 3. The minimum Gasteiger partial charge on any atom is -0.480 e. The van der Waals surface area contributed by atoms with E-state index in [1.807, 2.05) is 43.3 Å². The summed E-state index contributed by atoms with van der Waals surface area (Å²) in [6.45, 7) is 2.17. The molecule has 2 aromatic carbocycles. The van der Waals surface area contributed by atoms with Crippen LogP contribution in [0.4, 0.5) is 4.79 Å². The molecule has 4 rings (SSSR count). The van der Waals surface area contributed by atoms with E-state index >= 15 is 0 Å². The van der Waals surface area contributed by atoms with Crippen molar-refractivity contribution in [1.29, 1.82) is 0 Å². The van der Waals surface area contributed by atoms with Gasteiger partial charge in [0.2, 0.25) is 0 Å². The van der Waals surface area contributed by atoms with Crippen LogP contribution in [-0.4, -0.2) is 35.7 Å². The molecule has 0 saturated heterocycles. The molecule has 0 fully saturated rings. The number of alkyl carbamates (subject to hydrolysis) is 1. The molecule has 0 radical (unpaired) electrons. The maximum Gasteiger partial charge on any atom is 0.407 e. The Morgan fingerprint density at radius 1 is 1.00 bits per heavy atom. The number of rotatable bonds is 10. The van der Waals surface area contributed by atoms with Crippen molar-refractivity contribution in [2.45, 2.75) is 44.7 Å². The van der Waals surface area contributed by atoms with Crippen LogP contribution in [0.2, 0.25) is 0 Å². The second-order valence-electron chi connectivity index (χ2n) is 8.45. The molecular weight excluding hydrogens is 448 g/mol. The van der Waals surface area contributed by atoms with Gasteiger partial charge in [0.05, 0.1) is 6.54 Å². The molecule has 1 heterocycles. The lowest BCUT2D eigenvalue weighted by molar-refractivity contribution is -0.139. The number of benzene rings is 2. The topological polar surface area (TPSA) is 118 Å². The SMILES string of the molecule is CCCC[C@H](NC(=O)c1ccc(CNC(=O)OCC2c3ccccc3-c3ccccc32)o1)C(=O)O. The first-order chi connectivity index (χ1) is 17.0. The fourth-order valence-corrected chi connectivity index (χ4v) is 4.30. The molecule has 1 aliphatic rings. The molecule has 0 bridgehead atoms. The molecule has 1 aromatic heterocycles. The fourth-order valence-electron chi connectivity index (χ4n) is 4.30. The van der Waals surface area contributed by atoms with Crippen molar-refractivity contribution in [2.75, 3.05) is 6.61 Å². The van der Waals surface area contributed by atoms with Gasteiger partial charge >= 0.3 is 12.1 Å². The lowest BCUT2D eigenvalue weighted by Gasteiger charge is -2.14. The maximum atomic E-state index is 12.3. The van der Waals surface area contributed by atoms with Crippen molar-refractivity contribution < 1.29 is 28.6 Å². The van der Waals surface area contributed by atoms with Gasteiger partial charge in [0.25, 0.3) is 5.91 Å². The van der Waals surface area contributed by atoms with E-state index in [1.165, 1.54) is 6.07 Å². The second-order valence-corrected chi connectivity index (χ2v) is 8.45. The highest BCUT2D eigenvalue weighted by atomic mass is 16.5. The van der Waals surface area contributed by atoms with Gasteiger partial charge in [-0.25, -0.2) is 9.59 Å². The van der Waals surface area contributed by atoms with Crippen LogP contribution in [0.25, 0.3) is 11.1 Å². The molecule has 0 unspecified atom stereocenters. The number of furan rings is 1. The van der Waals surface area contributed by atoms with Crippen LogP contribution in [-0.2, 0) is 16.1 Å². The van der Waals surface area contributed by atoms with Gasteiger partial charge in [0.1, 0.15) is 18.4 Å². The number of amides is 2. The fraction of sp³-hybridized carbons (Fsp3) is 0.296. The zero-order valence-corrected chi connectivity index (χ0v) is 19.5. The van der Waals surface area contributed by atoms with E-state index in [4.69, 9.17) is 9.15 Å². The molecule has 2 amide bonds. The van der Waals surface area contributed by atoms with Gasteiger partial charge < -0.3 is 24.9 Å². The number of unbranched alkanes of at least 4 members (excludes halogenated alkanes) is 1. The smallest absolute Gasteiger partial charge is 0.407 e. The highest BCUT2D eigenvalue weighted by molar-refractivity contribution is 5.94. The Balaban J connectivity index is 1.29. The van der Waals surface area contributed by atoms with E-state index in [-0.39, 0.29) is 24.8 Å². The van der Waals surface area contributed by atoms with E-state index in [9.17, 15) is 19.5 Å². The molecule has 182 valence electrons. The standard InChI is InChI=1S/C27H28N2O6/c1-2-3-12-23(26(31)32)29-25(30)24-14-13-17(35-24)15-28-27(33)34-16-22-20-10-6-4-8-18(20)19-9-5-7-11-21(19)22/h4-11,13-14,22-23H,2-3,12,15-16H2,1H3,(H,28,33)(H,29,30)(H,31,32)/t23-/m0/s1. The number of ether oxygens (including phenoxy) is 1. The summed E-state index contributed by atoms with van der Waals surface area (Å²) in [5, 5.41) is 14.4. The Morgan fingerprint density at radius 2 is 1.66 bits per heavy atom. The van der Waals surface area contributed by atoms with Crippen molar-refractivity contribution in [1.82, 2.24) is 10.6 Å². The van der Waals surface area contributed by atoms with Crippen molar-refractivity contribution in [3.63, 3.8) is 0 Å². The molecule has 0 saturated carbocycles. The van der Waals surface area contributed by atoms with Crippen molar-refractivity contribution in [3.05, 3.63) is 83.3 Å². The van der Waals surface area contributed by atoms with Crippen LogP contribution in [0.5, 0.6) is 0 Å². The van der Waals surface area contributed by atoms with Crippen LogP contribution < -0.4 is 10.6 Å². The van der Waals surface area contributed by atoms with Crippen molar-refractivity contribution in [3.8, 4) is 11.1 Å². The van der Waals surface area contributed by atoms with E-state index < -0.39 is 24.0 Å². The highest BCUT2D eigenvalue weighted by Crippen LogP contribution is 2.44. The second kappa shape index (κ2) is 10.9. The monoisotopic (exact) mass is 476 g/mol. The van der Waals surface area contributed by atoms with Gasteiger partial charge in [-0.15, -0.1) is 0 Å². The molecule has 35 heavy (non-hydrogen) atoms. The number of aliphatic carboxylic acids is 1. The molecule has 8 nitrogen and oxygen atoms in total. The third-order valence-corrected chi connectivity index (χ3v) is 6.09. The Morgan fingerprint density at radius 3 is 2.29 bits per heavy atom. The molecule has 0 aliphatic heterocycles. The van der Waals surface area contributed by atoms with E-state index in [2.05, 4.69) is 22.8 Å². The number of hydrogen-bond acceptors (Lipinski definition) is 5. The van der Waals surface area contributed by atoms with Crippen LogP contribution in [0.15, 0.2) is 65.1 Å². The molecule has 8 heteroatoms.